The lowest BCUT2D eigenvalue weighted by atomic mass is 10.1. The molecule has 0 fully saturated rings. The number of nitrogens with one attached hydrogen (secondary N) is 1. The van der Waals surface area contributed by atoms with Gasteiger partial charge < -0.3 is 5.11 Å². The molecule has 0 saturated heterocycles. The van der Waals surface area contributed by atoms with Crippen molar-refractivity contribution in [2.75, 3.05) is 0 Å². The second kappa shape index (κ2) is 5.92. The first-order valence-corrected chi connectivity index (χ1v) is 6.68. The van der Waals surface area contributed by atoms with E-state index >= 15 is 0 Å². The number of nitrogens with two attached hydrogens (primary N) is 1. The molecule has 19 heavy (non-hydrogen) atoms. The SMILES string of the molecule is Cc1ccc(-c2nc(CC(O)C(=O)NN)cs2)cc1. The van der Waals surface area contributed by atoms with Gasteiger partial charge in [0.1, 0.15) is 11.1 Å². The molecule has 0 aliphatic heterocycles. The van der Waals surface area contributed by atoms with E-state index in [0.717, 1.165) is 10.6 Å². The zero-order chi connectivity index (χ0) is 13.8. The van der Waals surface area contributed by atoms with Gasteiger partial charge in [0.15, 0.2) is 0 Å². The number of hydrazine groups is 1. The highest BCUT2D eigenvalue weighted by Gasteiger charge is 2.16. The first-order chi connectivity index (χ1) is 9.10. The Morgan fingerprint density at radius 3 is 2.79 bits per heavy atom. The van der Waals surface area contributed by atoms with Gasteiger partial charge in [0.25, 0.3) is 5.91 Å². The zero-order valence-corrected chi connectivity index (χ0v) is 11.3. The molecule has 0 aliphatic rings. The van der Waals surface area contributed by atoms with Gasteiger partial charge in [-0.3, -0.25) is 10.2 Å². The normalized spacial score (nSPS) is 12.2. The largest absolute Gasteiger partial charge is 0.383 e. The molecule has 1 aromatic heterocycles. The molecule has 1 amide bonds. The summed E-state index contributed by atoms with van der Waals surface area (Å²) in [5, 5.41) is 12.3. The monoisotopic (exact) mass is 277 g/mol. The number of carbonyl (C=O) groups is 1. The van der Waals surface area contributed by atoms with Crippen molar-refractivity contribution in [2.24, 2.45) is 5.84 Å². The molecule has 1 unspecified atom stereocenters. The summed E-state index contributed by atoms with van der Waals surface area (Å²) in [7, 11) is 0. The second-order valence-corrected chi connectivity index (χ2v) is 5.10. The molecule has 4 N–H and O–H groups in total. The number of nitrogens with zero attached hydrogens (tertiary/aromatic N) is 1. The van der Waals surface area contributed by atoms with Crippen LogP contribution in [-0.2, 0) is 11.2 Å². The highest BCUT2D eigenvalue weighted by molar-refractivity contribution is 7.13. The fourth-order valence-corrected chi connectivity index (χ4v) is 2.46. The number of aliphatic hydroxyl groups excluding tert-OH is 1. The molecule has 100 valence electrons. The molecule has 1 aromatic carbocycles. The van der Waals surface area contributed by atoms with Crippen LogP contribution >= 0.6 is 11.3 Å². The van der Waals surface area contributed by atoms with Crippen molar-refractivity contribution in [2.45, 2.75) is 19.4 Å². The molecule has 0 spiro atoms. The van der Waals surface area contributed by atoms with Gasteiger partial charge in [0.2, 0.25) is 0 Å². The number of hydrogen-bond donors (Lipinski definition) is 3. The maximum atomic E-state index is 11.1. The molecule has 2 aromatic rings. The number of hydrogen-bond acceptors (Lipinski definition) is 5. The summed E-state index contributed by atoms with van der Waals surface area (Å²) in [4.78, 5) is 15.5. The Hall–Kier alpha value is -1.76. The number of rotatable bonds is 4. The van der Waals surface area contributed by atoms with Gasteiger partial charge in [-0.15, -0.1) is 11.3 Å². The number of amides is 1. The van der Waals surface area contributed by atoms with E-state index in [0.29, 0.717) is 5.69 Å². The molecule has 0 aliphatic carbocycles. The summed E-state index contributed by atoms with van der Waals surface area (Å²) in [5.74, 6) is 4.35. The molecule has 0 bridgehead atoms. The van der Waals surface area contributed by atoms with E-state index in [1.54, 1.807) is 0 Å². The lowest BCUT2D eigenvalue weighted by molar-refractivity contribution is -0.129. The quantitative estimate of drug-likeness (QED) is 0.442. The topological polar surface area (TPSA) is 88.2 Å². The van der Waals surface area contributed by atoms with Gasteiger partial charge in [-0.2, -0.15) is 0 Å². The summed E-state index contributed by atoms with van der Waals surface area (Å²) in [6.45, 7) is 2.03. The lowest BCUT2D eigenvalue weighted by Gasteiger charge is -2.05. The predicted molar refractivity (Wildman–Crippen MR) is 74.3 cm³/mol. The van der Waals surface area contributed by atoms with Crippen molar-refractivity contribution in [1.29, 1.82) is 0 Å². The van der Waals surface area contributed by atoms with Crippen LogP contribution in [0.3, 0.4) is 0 Å². The van der Waals surface area contributed by atoms with Crippen LogP contribution < -0.4 is 11.3 Å². The van der Waals surface area contributed by atoms with E-state index < -0.39 is 12.0 Å². The van der Waals surface area contributed by atoms with Crippen LogP contribution in [0, 0.1) is 6.92 Å². The van der Waals surface area contributed by atoms with Crippen molar-refractivity contribution in [1.82, 2.24) is 10.4 Å². The van der Waals surface area contributed by atoms with E-state index in [-0.39, 0.29) is 6.42 Å². The smallest absolute Gasteiger partial charge is 0.263 e. The van der Waals surface area contributed by atoms with E-state index in [1.165, 1.54) is 16.9 Å². The fourth-order valence-electron chi connectivity index (χ4n) is 1.62. The minimum Gasteiger partial charge on any atom is -0.383 e. The first-order valence-electron chi connectivity index (χ1n) is 5.80. The minimum atomic E-state index is -1.17. The molecular weight excluding hydrogens is 262 g/mol. The summed E-state index contributed by atoms with van der Waals surface area (Å²) < 4.78 is 0. The molecule has 1 heterocycles. The van der Waals surface area contributed by atoms with Crippen molar-refractivity contribution >= 4 is 17.2 Å². The number of thiazole rings is 1. The number of aliphatic hydroxyl groups is 1. The second-order valence-electron chi connectivity index (χ2n) is 4.24. The highest BCUT2D eigenvalue weighted by atomic mass is 32.1. The van der Waals surface area contributed by atoms with E-state index in [1.807, 2.05) is 42.0 Å². The zero-order valence-electron chi connectivity index (χ0n) is 10.5. The Labute approximate surface area is 115 Å². The Bertz CT molecular complexity index is 566. The van der Waals surface area contributed by atoms with Crippen molar-refractivity contribution in [3.05, 3.63) is 40.9 Å². The van der Waals surface area contributed by atoms with Gasteiger partial charge in [-0.1, -0.05) is 29.8 Å². The lowest BCUT2D eigenvalue weighted by Crippen LogP contribution is -2.40. The molecule has 5 nitrogen and oxygen atoms in total. The van der Waals surface area contributed by atoms with Crippen LogP contribution in [0.25, 0.3) is 10.6 Å². The number of carbonyl (C=O) groups excluding carboxylic acids is 1. The van der Waals surface area contributed by atoms with Crippen LogP contribution in [0.15, 0.2) is 29.6 Å². The Morgan fingerprint density at radius 2 is 2.16 bits per heavy atom. The summed E-state index contributed by atoms with van der Waals surface area (Å²) in [6, 6.07) is 8.04. The third-order valence-electron chi connectivity index (χ3n) is 2.70. The standard InChI is InChI=1S/C13H15N3O2S/c1-8-2-4-9(5-3-8)13-15-10(7-19-13)6-11(17)12(18)16-14/h2-5,7,11,17H,6,14H2,1H3,(H,16,18). The highest BCUT2D eigenvalue weighted by Crippen LogP contribution is 2.24. The minimum absolute atomic E-state index is 0.158. The van der Waals surface area contributed by atoms with Crippen molar-refractivity contribution in [3.8, 4) is 10.6 Å². The van der Waals surface area contributed by atoms with Crippen LogP contribution in [-0.4, -0.2) is 22.1 Å². The summed E-state index contributed by atoms with van der Waals surface area (Å²) >= 11 is 1.48. The van der Waals surface area contributed by atoms with Crippen molar-refractivity contribution < 1.29 is 9.90 Å². The molecule has 0 saturated carbocycles. The van der Waals surface area contributed by atoms with Gasteiger partial charge in [0.05, 0.1) is 5.69 Å². The Kier molecular flexibility index (Phi) is 4.26. The number of aryl methyl sites for hydroxylation is 1. The Morgan fingerprint density at radius 1 is 1.47 bits per heavy atom. The van der Waals surface area contributed by atoms with E-state index in [2.05, 4.69) is 4.98 Å². The number of benzene rings is 1. The molecule has 6 heteroatoms. The number of aromatic nitrogens is 1. The Balaban J connectivity index is 2.11. The van der Waals surface area contributed by atoms with Crippen LogP contribution in [0.4, 0.5) is 0 Å². The average Bonchev–Trinajstić information content (AvgIpc) is 2.87. The maximum absolute atomic E-state index is 11.1. The van der Waals surface area contributed by atoms with E-state index in [4.69, 9.17) is 5.84 Å². The summed E-state index contributed by atoms with van der Waals surface area (Å²) in [5.41, 5.74) is 4.81. The molecule has 0 radical (unpaired) electrons. The third-order valence-corrected chi connectivity index (χ3v) is 3.64. The van der Waals surface area contributed by atoms with Crippen LogP contribution in [0.1, 0.15) is 11.3 Å². The molecule has 1 atom stereocenters. The fraction of sp³-hybridized carbons (Fsp3) is 0.231. The maximum Gasteiger partial charge on any atom is 0.263 e. The van der Waals surface area contributed by atoms with Crippen LogP contribution in [0.2, 0.25) is 0 Å². The van der Waals surface area contributed by atoms with Crippen molar-refractivity contribution in [3.63, 3.8) is 0 Å². The average molecular weight is 277 g/mol. The van der Waals surface area contributed by atoms with Gasteiger partial charge >= 0.3 is 0 Å². The molecule has 2 rings (SSSR count). The van der Waals surface area contributed by atoms with E-state index in [9.17, 15) is 9.90 Å². The van der Waals surface area contributed by atoms with Crippen LogP contribution in [0.5, 0.6) is 0 Å². The summed E-state index contributed by atoms with van der Waals surface area (Å²) in [6.07, 6.45) is -1.01. The molecular formula is C13H15N3O2S. The third kappa shape index (κ3) is 3.37. The van der Waals surface area contributed by atoms with Gasteiger partial charge in [-0.05, 0) is 6.92 Å². The van der Waals surface area contributed by atoms with Gasteiger partial charge in [0, 0.05) is 17.4 Å². The van der Waals surface area contributed by atoms with Gasteiger partial charge in [-0.25, -0.2) is 10.8 Å². The predicted octanol–water partition coefficient (Wildman–Crippen LogP) is 1.01. The first kappa shape index (κ1) is 13.7.